The number of methoxy groups -OCH3 is 1. The van der Waals surface area contributed by atoms with Crippen LogP contribution in [0.5, 0.6) is 5.75 Å². The van der Waals surface area contributed by atoms with Gasteiger partial charge in [-0.2, -0.15) is 0 Å². The molecule has 1 saturated heterocycles. The summed E-state index contributed by atoms with van der Waals surface area (Å²) in [5.41, 5.74) is 2.02. The minimum atomic E-state index is 0.00396. The van der Waals surface area contributed by atoms with Gasteiger partial charge in [0.15, 0.2) is 5.17 Å². The minimum Gasteiger partial charge on any atom is -0.496 e. The third kappa shape index (κ3) is 4.86. The lowest BCUT2D eigenvalue weighted by Gasteiger charge is -2.22. The topological polar surface area (TPSA) is 45.1 Å². The smallest absolute Gasteiger partial charge is 0.266 e. The molecule has 6 heteroatoms. The molecule has 1 aliphatic heterocycles. The first kappa shape index (κ1) is 21.4. The second-order valence-corrected chi connectivity index (χ2v) is 7.99. The van der Waals surface area contributed by atoms with Gasteiger partial charge in [-0.15, -0.1) is 0 Å². The maximum Gasteiger partial charge on any atom is 0.266 e. The van der Waals surface area contributed by atoms with E-state index in [1.807, 2.05) is 45.9 Å². The number of hydrogen-bond donors (Lipinski definition) is 0. The number of rotatable bonds is 7. The molecule has 0 atom stereocenters. The van der Waals surface area contributed by atoms with E-state index < -0.39 is 0 Å². The Morgan fingerprint density at radius 2 is 1.89 bits per heavy atom. The number of aliphatic imine (C=N–C) groups is 1. The molecule has 0 aromatic heterocycles. The third-order valence-corrected chi connectivity index (χ3v) is 5.35. The zero-order chi connectivity index (χ0) is 20.1. The molecular weight excluding hydrogens is 358 g/mol. The lowest BCUT2D eigenvalue weighted by atomic mass is 10.1. The van der Waals surface area contributed by atoms with Gasteiger partial charge in [-0.05, 0) is 71.5 Å². The molecule has 1 amide bonds. The van der Waals surface area contributed by atoms with Crippen LogP contribution in [0.15, 0.2) is 28.1 Å². The van der Waals surface area contributed by atoms with E-state index in [2.05, 4.69) is 29.8 Å². The summed E-state index contributed by atoms with van der Waals surface area (Å²) >= 11 is 1.44. The molecule has 0 spiro atoms. The van der Waals surface area contributed by atoms with Crippen LogP contribution in [0.2, 0.25) is 0 Å². The second-order valence-electron chi connectivity index (χ2n) is 6.98. The van der Waals surface area contributed by atoms with E-state index in [1.54, 1.807) is 12.0 Å². The number of amides is 1. The molecule has 0 bridgehead atoms. The Bertz CT molecular complexity index is 737. The highest BCUT2D eigenvalue weighted by molar-refractivity contribution is 8.18. The van der Waals surface area contributed by atoms with E-state index in [0.29, 0.717) is 4.91 Å². The molecule has 1 aromatic carbocycles. The van der Waals surface area contributed by atoms with Crippen molar-refractivity contribution in [2.45, 2.75) is 53.6 Å². The van der Waals surface area contributed by atoms with Crippen LogP contribution < -0.4 is 9.64 Å². The van der Waals surface area contributed by atoms with Gasteiger partial charge in [0.1, 0.15) is 5.75 Å². The number of carbonyl (C=O) groups excluding carboxylic acids is 1. The van der Waals surface area contributed by atoms with Crippen LogP contribution in [-0.2, 0) is 4.79 Å². The van der Waals surface area contributed by atoms with Crippen molar-refractivity contribution in [3.8, 4) is 5.75 Å². The van der Waals surface area contributed by atoms with Crippen LogP contribution in [0.1, 0.15) is 47.1 Å². The first-order chi connectivity index (χ1) is 12.8. The highest BCUT2D eigenvalue weighted by atomic mass is 32.2. The van der Waals surface area contributed by atoms with Gasteiger partial charge in [0.25, 0.3) is 5.91 Å². The number of anilines is 1. The molecule has 1 aromatic rings. The molecule has 0 N–H and O–H groups in total. The van der Waals surface area contributed by atoms with E-state index in [0.717, 1.165) is 35.3 Å². The highest BCUT2D eigenvalue weighted by Crippen LogP contribution is 2.36. The number of amidine groups is 1. The fraction of sp³-hybridized carbons (Fsp3) is 0.524. The summed E-state index contributed by atoms with van der Waals surface area (Å²) < 4.78 is 5.60. The summed E-state index contributed by atoms with van der Waals surface area (Å²) in [7, 11) is 1.67. The van der Waals surface area contributed by atoms with Crippen molar-refractivity contribution in [3.05, 3.63) is 28.7 Å². The maximum absolute atomic E-state index is 12.9. The van der Waals surface area contributed by atoms with Crippen molar-refractivity contribution >= 4 is 34.6 Å². The summed E-state index contributed by atoms with van der Waals surface area (Å²) in [5.74, 6) is 0.773. The van der Waals surface area contributed by atoms with Crippen molar-refractivity contribution in [2.24, 2.45) is 4.99 Å². The molecule has 0 unspecified atom stereocenters. The first-order valence-corrected chi connectivity index (χ1v) is 10.4. The number of thioether (sulfide) groups is 1. The van der Waals surface area contributed by atoms with Gasteiger partial charge in [-0.3, -0.25) is 14.7 Å². The zero-order valence-corrected chi connectivity index (χ0v) is 18.3. The summed E-state index contributed by atoms with van der Waals surface area (Å²) in [6.07, 6.45) is 1.91. The lowest BCUT2D eigenvalue weighted by Crippen LogP contribution is -2.35. The largest absolute Gasteiger partial charge is 0.496 e. The maximum atomic E-state index is 12.9. The van der Waals surface area contributed by atoms with E-state index in [-0.39, 0.29) is 18.0 Å². The van der Waals surface area contributed by atoms with E-state index >= 15 is 0 Å². The van der Waals surface area contributed by atoms with Gasteiger partial charge in [-0.25, -0.2) is 0 Å². The number of carbonyl (C=O) groups is 1. The normalized spacial score (nSPS) is 17.7. The van der Waals surface area contributed by atoms with Gasteiger partial charge in [0.2, 0.25) is 0 Å². The Morgan fingerprint density at radius 1 is 1.22 bits per heavy atom. The van der Waals surface area contributed by atoms with Gasteiger partial charge < -0.3 is 9.64 Å². The Labute approximate surface area is 167 Å². The van der Waals surface area contributed by atoms with Crippen LogP contribution >= 0.6 is 11.8 Å². The molecule has 0 saturated carbocycles. The number of benzene rings is 1. The zero-order valence-electron chi connectivity index (χ0n) is 17.4. The van der Waals surface area contributed by atoms with E-state index in [9.17, 15) is 4.79 Å². The Balaban J connectivity index is 2.41. The van der Waals surface area contributed by atoms with Crippen molar-refractivity contribution in [3.63, 3.8) is 0 Å². The number of nitrogens with zero attached hydrogens (tertiary/aromatic N) is 3. The van der Waals surface area contributed by atoms with Crippen LogP contribution in [0.3, 0.4) is 0 Å². The van der Waals surface area contributed by atoms with Gasteiger partial charge in [0, 0.05) is 42.5 Å². The summed E-state index contributed by atoms with van der Waals surface area (Å²) in [4.78, 5) is 22.3. The summed E-state index contributed by atoms with van der Waals surface area (Å²) in [6.45, 7) is 14.2. The third-order valence-electron chi connectivity index (χ3n) is 4.35. The lowest BCUT2D eigenvalue weighted by molar-refractivity contribution is -0.123. The van der Waals surface area contributed by atoms with Crippen molar-refractivity contribution in [1.82, 2.24) is 4.90 Å². The predicted octanol–water partition coefficient (Wildman–Crippen LogP) is 4.63. The number of hydrogen-bond acceptors (Lipinski definition) is 5. The molecule has 1 heterocycles. The number of ether oxygens (including phenoxy) is 1. The average molecular weight is 390 g/mol. The molecule has 2 rings (SSSR count). The predicted molar refractivity (Wildman–Crippen MR) is 117 cm³/mol. The summed E-state index contributed by atoms with van der Waals surface area (Å²) in [6, 6.07) is 6.34. The van der Waals surface area contributed by atoms with E-state index in [4.69, 9.17) is 4.74 Å². The van der Waals surface area contributed by atoms with Crippen molar-refractivity contribution in [1.29, 1.82) is 0 Å². The molecule has 27 heavy (non-hydrogen) atoms. The second kappa shape index (κ2) is 9.31. The van der Waals surface area contributed by atoms with Crippen molar-refractivity contribution < 1.29 is 9.53 Å². The molecule has 148 valence electrons. The SMILES string of the molecule is CCN(CC)c1ccc(/C=C2/SC(=NC(C)C)N(C(C)C)C2=O)c(OC)c1. The first-order valence-electron chi connectivity index (χ1n) is 9.56. The van der Waals surface area contributed by atoms with Crippen LogP contribution in [-0.4, -0.2) is 48.3 Å². The molecule has 1 aliphatic rings. The molecule has 0 aliphatic carbocycles. The van der Waals surface area contributed by atoms with Crippen LogP contribution in [0, 0.1) is 0 Å². The van der Waals surface area contributed by atoms with Gasteiger partial charge in [-0.1, -0.05) is 0 Å². The Morgan fingerprint density at radius 3 is 2.41 bits per heavy atom. The molecule has 0 radical (unpaired) electrons. The molecule has 5 nitrogen and oxygen atoms in total. The fourth-order valence-electron chi connectivity index (χ4n) is 3.00. The van der Waals surface area contributed by atoms with Crippen LogP contribution in [0.25, 0.3) is 6.08 Å². The standard InChI is InChI=1S/C21H31N3O2S/c1-8-23(9-2)17-11-10-16(18(13-17)26-7)12-19-20(25)24(15(5)6)21(27-19)22-14(3)4/h10-15H,8-9H2,1-7H3/b19-12+,22-21?. The quantitative estimate of drug-likeness (QED) is 0.638. The van der Waals surface area contributed by atoms with Crippen molar-refractivity contribution in [2.75, 3.05) is 25.1 Å². The van der Waals surface area contributed by atoms with E-state index in [1.165, 1.54) is 11.8 Å². The van der Waals surface area contributed by atoms with Gasteiger partial charge in [0.05, 0.1) is 12.0 Å². The Kier molecular flexibility index (Phi) is 7.36. The van der Waals surface area contributed by atoms with Crippen LogP contribution in [0.4, 0.5) is 5.69 Å². The average Bonchev–Trinajstić information content (AvgIpc) is 2.91. The monoisotopic (exact) mass is 389 g/mol. The molecule has 1 fully saturated rings. The fourth-order valence-corrected chi connectivity index (χ4v) is 4.22. The highest BCUT2D eigenvalue weighted by Gasteiger charge is 2.35. The Hall–Kier alpha value is -1.95. The summed E-state index contributed by atoms with van der Waals surface area (Å²) in [5, 5.41) is 0.773. The molecular formula is C21H31N3O2S. The van der Waals surface area contributed by atoms with Gasteiger partial charge >= 0.3 is 0 Å². The minimum absolute atomic E-state index is 0.00396.